The molecule has 0 N–H and O–H groups in total. The third-order valence-electron chi connectivity index (χ3n) is 3.09. The summed E-state index contributed by atoms with van der Waals surface area (Å²) in [7, 11) is -1.91. The zero-order valence-electron chi connectivity index (χ0n) is 12.1. The van der Waals surface area contributed by atoms with E-state index in [1.807, 2.05) is 0 Å². The Labute approximate surface area is 140 Å². The first-order valence-corrected chi connectivity index (χ1v) is 8.97. The summed E-state index contributed by atoms with van der Waals surface area (Å²) in [4.78, 5) is 0. The number of methoxy groups -OCH3 is 1. The van der Waals surface area contributed by atoms with Gasteiger partial charge in [-0.15, -0.1) is 0 Å². The molecule has 2 rings (SSSR count). The van der Waals surface area contributed by atoms with Crippen molar-refractivity contribution in [2.45, 2.75) is 6.54 Å². The molecule has 0 saturated heterocycles. The predicted molar refractivity (Wildman–Crippen MR) is 90.5 cm³/mol. The number of halogens is 2. The van der Waals surface area contributed by atoms with Crippen LogP contribution in [-0.2, 0) is 16.6 Å². The molecule has 4 nitrogen and oxygen atoms in total. The number of benzene rings is 2. The zero-order valence-corrected chi connectivity index (χ0v) is 14.4. The highest BCUT2D eigenvalue weighted by molar-refractivity contribution is 7.92. The van der Waals surface area contributed by atoms with Crippen LogP contribution in [0.25, 0.3) is 0 Å². The average molecular weight is 360 g/mol. The molecule has 7 heteroatoms. The van der Waals surface area contributed by atoms with E-state index in [2.05, 4.69) is 0 Å². The van der Waals surface area contributed by atoms with Gasteiger partial charge >= 0.3 is 0 Å². The smallest absolute Gasteiger partial charge is 0.232 e. The average Bonchev–Trinajstić information content (AvgIpc) is 2.45. The van der Waals surface area contributed by atoms with Gasteiger partial charge in [-0.05, 0) is 42.0 Å². The molecule has 0 bridgehead atoms. The number of nitrogens with zero attached hydrogens (tertiary/aromatic N) is 1. The number of ether oxygens (including phenoxy) is 1. The molecule has 0 spiro atoms. The molecule has 0 saturated carbocycles. The molecule has 0 heterocycles. The highest BCUT2D eigenvalue weighted by Crippen LogP contribution is 2.27. The highest BCUT2D eigenvalue weighted by Gasteiger charge is 2.19. The SMILES string of the molecule is COc1ccc(N(Cc2ccc(Cl)cc2Cl)S(C)(=O)=O)cc1. The number of sulfonamides is 1. The van der Waals surface area contributed by atoms with Crippen molar-refractivity contribution in [3.05, 3.63) is 58.1 Å². The Kier molecular flexibility index (Phi) is 5.21. The van der Waals surface area contributed by atoms with Gasteiger partial charge in [-0.1, -0.05) is 29.3 Å². The minimum absolute atomic E-state index is 0.126. The molecule has 0 amide bonds. The summed E-state index contributed by atoms with van der Waals surface area (Å²) in [6.45, 7) is 0.126. The molecular weight excluding hydrogens is 345 g/mol. The second kappa shape index (κ2) is 6.77. The fraction of sp³-hybridized carbons (Fsp3) is 0.200. The van der Waals surface area contributed by atoms with Crippen LogP contribution in [0.5, 0.6) is 5.75 Å². The largest absolute Gasteiger partial charge is 0.497 e. The van der Waals surface area contributed by atoms with Gasteiger partial charge in [0.1, 0.15) is 5.75 Å². The quantitative estimate of drug-likeness (QED) is 0.811. The van der Waals surface area contributed by atoms with Gasteiger partial charge < -0.3 is 4.74 Å². The summed E-state index contributed by atoms with van der Waals surface area (Å²) in [5.41, 5.74) is 1.21. The number of hydrogen-bond acceptors (Lipinski definition) is 3. The maximum atomic E-state index is 12.1. The summed E-state index contributed by atoms with van der Waals surface area (Å²) < 4.78 is 30.5. The standard InChI is InChI=1S/C15H15Cl2NO3S/c1-21-14-7-5-13(6-8-14)18(22(2,19)20)10-11-3-4-12(16)9-15(11)17/h3-9H,10H2,1-2H3. The van der Waals surface area contributed by atoms with Crippen molar-refractivity contribution in [3.8, 4) is 5.75 Å². The number of hydrogen-bond donors (Lipinski definition) is 0. The first-order valence-electron chi connectivity index (χ1n) is 6.37. The first kappa shape index (κ1) is 16.9. The summed E-state index contributed by atoms with van der Waals surface area (Å²) in [6.07, 6.45) is 1.15. The van der Waals surface area contributed by atoms with Crippen molar-refractivity contribution in [1.82, 2.24) is 0 Å². The van der Waals surface area contributed by atoms with Crippen molar-refractivity contribution < 1.29 is 13.2 Å². The number of anilines is 1. The van der Waals surface area contributed by atoms with E-state index in [4.69, 9.17) is 27.9 Å². The molecule has 0 unspecified atom stereocenters. The van der Waals surface area contributed by atoms with Gasteiger partial charge in [0.15, 0.2) is 0 Å². The van der Waals surface area contributed by atoms with E-state index in [1.165, 1.54) is 4.31 Å². The van der Waals surface area contributed by atoms with Crippen molar-refractivity contribution in [1.29, 1.82) is 0 Å². The lowest BCUT2D eigenvalue weighted by molar-refractivity contribution is 0.415. The van der Waals surface area contributed by atoms with E-state index in [-0.39, 0.29) is 6.54 Å². The van der Waals surface area contributed by atoms with E-state index in [9.17, 15) is 8.42 Å². The maximum absolute atomic E-state index is 12.1. The molecule has 0 atom stereocenters. The Bertz CT molecular complexity index is 761. The van der Waals surface area contributed by atoms with Crippen LogP contribution < -0.4 is 9.04 Å². The second-order valence-electron chi connectivity index (χ2n) is 4.70. The van der Waals surface area contributed by atoms with E-state index < -0.39 is 10.0 Å². The Hall–Kier alpha value is -1.43. The third-order valence-corrected chi connectivity index (χ3v) is 4.82. The van der Waals surface area contributed by atoms with Crippen molar-refractivity contribution in [2.24, 2.45) is 0 Å². The molecule has 0 aliphatic rings. The minimum Gasteiger partial charge on any atom is -0.497 e. The maximum Gasteiger partial charge on any atom is 0.232 e. The Morgan fingerprint density at radius 1 is 1.09 bits per heavy atom. The normalized spacial score (nSPS) is 11.3. The first-order chi connectivity index (χ1) is 10.3. The van der Waals surface area contributed by atoms with Crippen LogP contribution in [0.3, 0.4) is 0 Å². The molecule has 2 aromatic carbocycles. The predicted octanol–water partition coefficient (Wildman–Crippen LogP) is 3.97. The monoisotopic (exact) mass is 359 g/mol. The van der Waals surface area contributed by atoms with Crippen molar-refractivity contribution in [2.75, 3.05) is 17.7 Å². The van der Waals surface area contributed by atoms with Crippen LogP contribution in [0.15, 0.2) is 42.5 Å². The van der Waals surface area contributed by atoms with Gasteiger partial charge in [0.05, 0.1) is 25.6 Å². The Balaban J connectivity index is 2.38. The molecule has 0 aliphatic carbocycles. The van der Waals surface area contributed by atoms with Crippen molar-refractivity contribution in [3.63, 3.8) is 0 Å². The van der Waals surface area contributed by atoms with Gasteiger partial charge in [0, 0.05) is 10.0 Å². The minimum atomic E-state index is -3.46. The van der Waals surface area contributed by atoms with E-state index in [1.54, 1.807) is 49.6 Å². The Morgan fingerprint density at radius 3 is 2.23 bits per heavy atom. The van der Waals surface area contributed by atoms with Crippen LogP contribution in [0, 0.1) is 0 Å². The zero-order chi connectivity index (χ0) is 16.3. The van der Waals surface area contributed by atoms with Crippen LogP contribution in [0.1, 0.15) is 5.56 Å². The van der Waals surface area contributed by atoms with E-state index in [0.717, 1.165) is 6.26 Å². The van der Waals surface area contributed by atoms with Crippen LogP contribution in [-0.4, -0.2) is 21.8 Å². The fourth-order valence-electron chi connectivity index (χ4n) is 1.95. The van der Waals surface area contributed by atoms with E-state index in [0.29, 0.717) is 27.0 Å². The molecule has 0 aromatic heterocycles. The second-order valence-corrected chi connectivity index (χ2v) is 7.45. The third kappa shape index (κ3) is 4.06. The highest BCUT2D eigenvalue weighted by atomic mass is 35.5. The van der Waals surface area contributed by atoms with Gasteiger partial charge in [-0.25, -0.2) is 8.42 Å². The van der Waals surface area contributed by atoms with Gasteiger partial charge in [0.2, 0.25) is 10.0 Å². The van der Waals surface area contributed by atoms with Crippen LogP contribution >= 0.6 is 23.2 Å². The summed E-state index contributed by atoms with van der Waals surface area (Å²) in [6, 6.07) is 11.8. The van der Waals surface area contributed by atoms with Gasteiger partial charge in [-0.3, -0.25) is 4.31 Å². The summed E-state index contributed by atoms with van der Waals surface area (Å²) >= 11 is 12.0. The van der Waals surface area contributed by atoms with E-state index >= 15 is 0 Å². The van der Waals surface area contributed by atoms with Crippen molar-refractivity contribution >= 4 is 38.9 Å². The fourth-order valence-corrected chi connectivity index (χ4v) is 3.30. The summed E-state index contributed by atoms with van der Waals surface area (Å²) in [5.74, 6) is 0.654. The Morgan fingerprint density at radius 2 is 1.73 bits per heavy atom. The molecule has 2 aromatic rings. The number of rotatable bonds is 5. The molecule has 0 radical (unpaired) electrons. The summed E-state index contributed by atoms with van der Waals surface area (Å²) in [5, 5.41) is 0.929. The lowest BCUT2D eigenvalue weighted by atomic mass is 10.2. The molecule has 118 valence electrons. The molecule has 0 aliphatic heterocycles. The van der Waals surface area contributed by atoms with Gasteiger partial charge in [0.25, 0.3) is 0 Å². The van der Waals surface area contributed by atoms with Crippen LogP contribution in [0.2, 0.25) is 10.0 Å². The molecular formula is C15H15Cl2NO3S. The molecule has 0 fully saturated rings. The topological polar surface area (TPSA) is 46.6 Å². The van der Waals surface area contributed by atoms with Gasteiger partial charge in [-0.2, -0.15) is 0 Å². The molecule has 22 heavy (non-hydrogen) atoms. The lowest BCUT2D eigenvalue weighted by Crippen LogP contribution is -2.29. The van der Waals surface area contributed by atoms with Crippen LogP contribution in [0.4, 0.5) is 5.69 Å². The lowest BCUT2D eigenvalue weighted by Gasteiger charge is -2.23.